The Bertz CT molecular complexity index is 965. The SMILES string of the molecule is COc1ccc(-c2nnc(S[C@H](C)C(=O)Nc3c(C)cccc3C)n2N)cc1. The summed E-state index contributed by atoms with van der Waals surface area (Å²) in [6.07, 6.45) is 0. The molecule has 8 heteroatoms. The van der Waals surface area contributed by atoms with Crippen molar-refractivity contribution in [2.75, 3.05) is 18.3 Å². The van der Waals surface area contributed by atoms with E-state index in [2.05, 4.69) is 15.5 Å². The van der Waals surface area contributed by atoms with Gasteiger partial charge in [-0.05, 0) is 56.2 Å². The first-order valence-corrected chi connectivity index (χ1v) is 9.67. The maximum Gasteiger partial charge on any atom is 0.237 e. The van der Waals surface area contributed by atoms with E-state index in [-0.39, 0.29) is 5.91 Å². The largest absolute Gasteiger partial charge is 0.497 e. The average Bonchev–Trinajstić information content (AvgIpc) is 3.05. The van der Waals surface area contributed by atoms with Gasteiger partial charge in [-0.3, -0.25) is 4.79 Å². The molecule has 0 bridgehead atoms. The molecule has 1 heterocycles. The minimum atomic E-state index is -0.394. The van der Waals surface area contributed by atoms with E-state index in [9.17, 15) is 4.79 Å². The average molecular weight is 398 g/mol. The van der Waals surface area contributed by atoms with Crippen molar-refractivity contribution in [3.8, 4) is 17.1 Å². The molecule has 0 fully saturated rings. The van der Waals surface area contributed by atoms with Crippen LogP contribution < -0.4 is 15.9 Å². The summed E-state index contributed by atoms with van der Waals surface area (Å²) in [7, 11) is 1.61. The fraction of sp³-hybridized carbons (Fsp3) is 0.250. The van der Waals surface area contributed by atoms with Crippen molar-refractivity contribution in [3.05, 3.63) is 53.6 Å². The molecular formula is C20H23N5O2S. The molecule has 28 heavy (non-hydrogen) atoms. The van der Waals surface area contributed by atoms with Crippen molar-refractivity contribution < 1.29 is 9.53 Å². The van der Waals surface area contributed by atoms with Crippen LogP contribution in [0.4, 0.5) is 5.69 Å². The highest BCUT2D eigenvalue weighted by molar-refractivity contribution is 8.00. The third kappa shape index (κ3) is 4.12. The fourth-order valence-electron chi connectivity index (χ4n) is 2.74. The van der Waals surface area contributed by atoms with Gasteiger partial charge in [-0.1, -0.05) is 30.0 Å². The number of nitrogens with zero attached hydrogens (tertiary/aromatic N) is 3. The first-order chi connectivity index (χ1) is 13.4. The van der Waals surface area contributed by atoms with Crippen LogP contribution in [0.15, 0.2) is 47.6 Å². The summed E-state index contributed by atoms with van der Waals surface area (Å²) in [6.45, 7) is 5.76. The lowest BCUT2D eigenvalue weighted by molar-refractivity contribution is -0.115. The van der Waals surface area contributed by atoms with Crippen molar-refractivity contribution >= 4 is 23.4 Å². The lowest BCUT2D eigenvalue weighted by atomic mass is 10.1. The van der Waals surface area contributed by atoms with Gasteiger partial charge in [0.15, 0.2) is 5.82 Å². The molecule has 1 aromatic heterocycles. The molecule has 0 spiro atoms. The highest BCUT2D eigenvalue weighted by Crippen LogP contribution is 2.27. The molecule has 0 unspecified atom stereocenters. The van der Waals surface area contributed by atoms with Crippen LogP contribution in [-0.2, 0) is 4.79 Å². The van der Waals surface area contributed by atoms with Crippen molar-refractivity contribution in [3.63, 3.8) is 0 Å². The number of hydrogen-bond acceptors (Lipinski definition) is 6. The van der Waals surface area contributed by atoms with Crippen molar-refractivity contribution in [2.45, 2.75) is 31.2 Å². The highest BCUT2D eigenvalue weighted by Gasteiger charge is 2.21. The number of methoxy groups -OCH3 is 1. The van der Waals surface area contributed by atoms with E-state index >= 15 is 0 Å². The minimum absolute atomic E-state index is 0.114. The number of aryl methyl sites for hydroxylation is 2. The Hall–Kier alpha value is -3.00. The summed E-state index contributed by atoms with van der Waals surface area (Å²) in [4.78, 5) is 12.6. The standard InChI is InChI=1S/C20H23N5O2S/c1-12-6-5-7-13(2)17(12)22-19(26)14(3)28-20-24-23-18(25(20)21)15-8-10-16(27-4)11-9-15/h5-11,14H,21H2,1-4H3,(H,22,26)/t14-/m1/s1. The number of carbonyl (C=O) groups is 1. The number of nitrogen functional groups attached to an aromatic ring is 1. The molecule has 0 aliphatic rings. The monoisotopic (exact) mass is 397 g/mol. The van der Waals surface area contributed by atoms with E-state index in [1.54, 1.807) is 7.11 Å². The third-order valence-corrected chi connectivity index (χ3v) is 5.45. The fourth-order valence-corrected chi connectivity index (χ4v) is 3.51. The maximum atomic E-state index is 12.6. The van der Waals surface area contributed by atoms with Crippen LogP contribution in [0.25, 0.3) is 11.4 Å². The molecule has 0 radical (unpaired) electrons. The first kappa shape index (κ1) is 19.8. The van der Waals surface area contributed by atoms with E-state index < -0.39 is 5.25 Å². The lowest BCUT2D eigenvalue weighted by Crippen LogP contribution is -2.24. The molecule has 0 aliphatic carbocycles. The van der Waals surface area contributed by atoms with Crippen LogP contribution in [0.5, 0.6) is 5.75 Å². The Morgan fingerprint density at radius 3 is 2.39 bits per heavy atom. The number of anilines is 1. The zero-order chi connectivity index (χ0) is 20.3. The molecular weight excluding hydrogens is 374 g/mol. The first-order valence-electron chi connectivity index (χ1n) is 8.79. The van der Waals surface area contributed by atoms with Crippen LogP contribution in [0, 0.1) is 13.8 Å². The van der Waals surface area contributed by atoms with Gasteiger partial charge in [0, 0.05) is 11.3 Å². The van der Waals surface area contributed by atoms with E-state index in [1.807, 2.05) is 63.2 Å². The number of nitrogens with one attached hydrogen (secondary N) is 1. The zero-order valence-electron chi connectivity index (χ0n) is 16.3. The third-order valence-electron chi connectivity index (χ3n) is 4.39. The molecule has 0 aliphatic heterocycles. The second kappa shape index (κ2) is 8.35. The van der Waals surface area contributed by atoms with Gasteiger partial charge in [-0.2, -0.15) is 0 Å². The van der Waals surface area contributed by atoms with Crippen molar-refractivity contribution in [1.29, 1.82) is 0 Å². The van der Waals surface area contributed by atoms with E-state index in [1.165, 1.54) is 16.4 Å². The number of thioether (sulfide) groups is 1. The normalized spacial score (nSPS) is 11.9. The summed E-state index contributed by atoms with van der Waals surface area (Å²) in [5.41, 5.74) is 3.70. The van der Waals surface area contributed by atoms with Crippen molar-refractivity contribution in [1.82, 2.24) is 14.9 Å². The molecule has 1 atom stereocenters. The van der Waals surface area contributed by atoms with Gasteiger partial charge < -0.3 is 15.9 Å². The van der Waals surface area contributed by atoms with Crippen LogP contribution >= 0.6 is 11.8 Å². The number of nitrogens with two attached hydrogens (primary N) is 1. The van der Waals surface area contributed by atoms with Gasteiger partial charge in [0.1, 0.15) is 5.75 Å². The number of para-hydroxylation sites is 1. The molecule has 3 N–H and O–H groups in total. The topological polar surface area (TPSA) is 95.1 Å². The van der Waals surface area contributed by atoms with Gasteiger partial charge in [-0.25, -0.2) is 4.68 Å². The summed E-state index contributed by atoms with van der Waals surface area (Å²) >= 11 is 1.26. The number of hydrogen-bond donors (Lipinski definition) is 2. The second-order valence-electron chi connectivity index (χ2n) is 6.42. The van der Waals surface area contributed by atoms with Crippen LogP contribution in [0.3, 0.4) is 0 Å². The summed E-state index contributed by atoms with van der Waals surface area (Å²) < 4.78 is 6.56. The summed E-state index contributed by atoms with van der Waals surface area (Å²) in [5, 5.41) is 11.4. The minimum Gasteiger partial charge on any atom is -0.497 e. The molecule has 3 rings (SSSR count). The van der Waals surface area contributed by atoms with Crippen LogP contribution in [0.2, 0.25) is 0 Å². The van der Waals surface area contributed by atoms with E-state index in [4.69, 9.17) is 10.6 Å². The summed E-state index contributed by atoms with van der Waals surface area (Å²) in [6, 6.07) is 13.3. The maximum absolute atomic E-state index is 12.6. The van der Waals surface area contributed by atoms with Gasteiger partial charge in [0.25, 0.3) is 0 Å². The van der Waals surface area contributed by atoms with Gasteiger partial charge >= 0.3 is 0 Å². The zero-order valence-corrected chi connectivity index (χ0v) is 17.1. The predicted octanol–water partition coefficient (Wildman–Crippen LogP) is 3.40. The Morgan fingerprint density at radius 2 is 1.79 bits per heavy atom. The highest BCUT2D eigenvalue weighted by atomic mass is 32.2. The number of ether oxygens (including phenoxy) is 1. The molecule has 0 saturated carbocycles. The predicted molar refractivity (Wildman–Crippen MR) is 112 cm³/mol. The van der Waals surface area contributed by atoms with E-state index in [0.717, 1.165) is 28.1 Å². The van der Waals surface area contributed by atoms with E-state index in [0.29, 0.717) is 11.0 Å². The van der Waals surface area contributed by atoms with Crippen molar-refractivity contribution in [2.24, 2.45) is 0 Å². The molecule has 2 aromatic carbocycles. The van der Waals surface area contributed by atoms with Gasteiger partial charge in [0.2, 0.25) is 11.1 Å². The van der Waals surface area contributed by atoms with Crippen LogP contribution in [-0.4, -0.2) is 33.1 Å². The molecule has 146 valence electrons. The lowest BCUT2D eigenvalue weighted by Gasteiger charge is -2.15. The molecule has 1 amide bonds. The summed E-state index contributed by atoms with van der Waals surface area (Å²) in [5.74, 6) is 7.32. The number of amides is 1. The number of carbonyl (C=O) groups excluding carboxylic acids is 1. The van der Waals surface area contributed by atoms with Crippen LogP contribution in [0.1, 0.15) is 18.1 Å². The molecule has 0 saturated heterocycles. The molecule has 3 aromatic rings. The number of rotatable bonds is 6. The molecule has 7 nitrogen and oxygen atoms in total. The quantitative estimate of drug-likeness (QED) is 0.489. The number of aromatic nitrogens is 3. The Labute approximate surface area is 168 Å². The van der Waals surface area contributed by atoms with Gasteiger partial charge in [-0.15, -0.1) is 10.2 Å². The number of benzene rings is 2. The Balaban J connectivity index is 1.73. The smallest absolute Gasteiger partial charge is 0.237 e. The Kier molecular flexibility index (Phi) is 5.89. The second-order valence-corrected chi connectivity index (χ2v) is 7.73. The Morgan fingerprint density at radius 1 is 1.14 bits per heavy atom. The van der Waals surface area contributed by atoms with Gasteiger partial charge in [0.05, 0.1) is 12.4 Å².